The van der Waals surface area contributed by atoms with E-state index in [9.17, 15) is 5.11 Å². The highest BCUT2D eigenvalue weighted by Crippen LogP contribution is 2.51. The Kier molecular flexibility index (Phi) is 3.89. The number of benzene rings is 4. The van der Waals surface area contributed by atoms with Crippen molar-refractivity contribution in [2.75, 3.05) is 5.32 Å². The van der Waals surface area contributed by atoms with Gasteiger partial charge in [-0.3, -0.25) is 0 Å². The average molecular weight is 365 g/mol. The summed E-state index contributed by atoms with van der Waals surface area (Å²) in [5.74, 6) is 1.33. The maximum atomic E-state index is 12.2. The average Bonchev–Trinajstić information content (AvgIpc) is 2.75. The number of fused-ring (bicyclic) bond motifs is 2. The second-order valence-corrected chi connectivity index (χ2v) is 6.84. The van der Waals surface area contributed by atoms with Crippen LogP contribution in [-0.2, 0) is 5.60 Å². The van der Waals surface area contributed by atoms with Gasteiger partial charge in [0.15, 0.2) is 0 Å². The van der Waals surface area contributed by atoms with Crippen molar-refractivity contribution in [1.82, 2.24) is 0 Å². The summed E-state index contributed by atoms with van der Waals surface area (Å²) in [7, 11) is 0. The van der Waals surface area contributed by atoms with Gasteiger partial charge in [0.25, 0.3) is 0 Å². The van der Waals surface area contributed by atoms with Gasteiger partial charge in [0.2, 0.25) is 0 Å². The lowest BCUT2D eigenvalue weighted by Gasteiger charge is -2.37. The molecule has 0 fully saturated rings. The first-order valence-electron chi connectivity index (χ1n) is 9.27. The summed E-state index contributed by atoms with van der Waals surface area (Å²) in [5, 5.41) is 15.6. The van der Waals surface area contributed by atoms with Crippen LogP contribution in [0.1, 0.15) is 16.7 Å². The van der Waals surface area contributed by atoms with Crippen LogP contribution in [0.15, 0.2) is 103 Å². The summed E-state index contributed by atoms with van der Waals surface area (Å²) in [6, 6.07) is 33.1. The smallest absolute Gasteiger partial charge is 0.149 e. The third-order valence-electron chi connectivity index (χ3n) is 5.14. The van der Waals surface area contributed by atoms with E-state index in [2.05, 4.69) is 5.32 Å². The molecule has 0 amide bonds. The molecule has 0 saturated heterocycles. The van der Waals surface area contributed by atoms with Gasteiger partial charge in [0.05, 0.1) is 0 Å². The Bertz CT molecular complexity index is 1090. The summed E-state index contributed by atoms with van der Waals surface area (Å²) in [6.07, 6.45) is 0. The summed E-state index contributed by atoms with van der Waals surface area (Å²) in [5.41, 5.74) is 2.73. The van der Waals surface area contributed by atoms with E-state index in [0.29, 0.717) is 11.5 Å². The molecule has 0 bridgehead atoms. The Morgan fingerprint density at radius 3 is 1.71 bits per heavy atom. The molecule has 0 radical (unpaired) electrons. The van der Waals surface area contributed by atoms with E-state index in [1.807, 2.05) is 103 Å². The van der Waals surface area contributed by atoms with E-state index >= 15 is 0 Å². The predicted molar refractivity (Wildman–Crippen MR) is 111 cm³/mol. The molecular formula is C25H19NO2. The van der Waals surface area contributed by atoms with Crippen LogP contribution in [0.2, 0.25) is 0 Å². The van der Waals surface area contributed by atoms with Gasteiger partial charge in [0.1, 0.15) is 17.1 Å². The Morgan fingerprint density at radius 2 is 1.07 bits per heavy atom. The lowest BCUT2D eigenvalue weighted by molar-refractivity contribution is 0.113. The van der Waals surface area contributed by atoms with Gasteiger partial charge in [-0.05, 0) is 30.3 Å². The van der Waals surface area contributed by atoms with Gasteiger partial charge in [-0.25, -0.2) is 0 Å². The van der Waals surface area contributed by atoms with E-state index < -0.39 is 5.60 Å². The first kappa shape index (κ1) is 16.6. The maximum Gasteiger partial charge on any atom is 0.149 e. The zero-order valence-corrected chi connectivity index (χ0v) is 15.2. The van der Waals surface area contributed by atoms with Crippen LogP contribution in [0.25, 0.3) is 0 Å². The highest BCUT2D eigenvalue weighted by Gasteiger charge is 2.43. The van der Waals surface area contributed by atoms with Crippen molar-refractivity contribution < 1.29 is 9.84 Å². The van der Waals surface area contributed by atoms with Crippen LogP contribution < -0.4 is 10.1 Å². The molecule has 1 heterocycles. The van der Waals surface area contributed by atoms with Gasteiger partial charge < -0.3 is 15.2 Å². The van der Waals surface area contributed by atoms with Crippen molar-refractivity contribution in [3.05, 3.63) is 120 Å². The summed E-state index contributed by atoms with van der Waals surface area (Å²) in [6.45, 7) is 0. The third-order valence-corrected chi connectivity index (χ3v) is 5.14. The molecule has 3 nitrogen and oxygen atoms in total. The van der Waals surface area contributed by atoms with E-state index in [-0.39, 0.29) is 0 Å². The quantitative estimate of drug-likeness (QED) is 0.481. The number of rotatable bonds is 3. The van der Waals surface area contributed by atoms with Crippen molar-refractivity contribution in [2.45, 2.75) is 5.60 Å². The lowest BCUT2D eigenvalue weighted by Crippen LogP contribution is -2.33. The number of ether oxygens (including phenoxy) is 1. The minimum Gasteiger partial charge on any atom is -0.457 e. The van der Waals surface area contributed by atoms with Gasteiger partial charge in [-0.2, -0.15) is 0 Å². The molecule has 4 aromatic carbocycles. The SMILES string of the molecule is OC1(c2ccccc2Nc2ccccc2)c2ccccc2Oc2ccccc21. The van der Waals surface area contributed by atoms with Crippen LogP contribution in [0.3, 0.4) is 0 Å². The Hall–Kier alpha value is -3.56. The molecule has 0 aliphatic carbocycles. The van der Waals surface area contributed by atoms with Crippen LogP contribution in [0.4, 0.5) is 11.4 Å². The monoisotopic (exact) mass is 365 g/mol. The Balaban J connectivity index is 1.74. The number of hydrogen-bond acceptors (Lipinski definition) is 3. The number of nitrogens with one attached hydrogen (secondary N) is 1. The molecule has 2 N–H and O–H groups in total. The van der Waals surface area contributed by atoms with Gasteiger partial charge in [-0.15, -0.1) is 0 Å². The van der Waals surface area contributed by atoms with Crippen LogP contribution in [0.5, 0.6) is 11.5 Å². The Labute approximate surface area is 163 Å². The largest absolute Gasteiger partial charge is 0.457 e. The first-order chi connectivity index (χ1) is 13.8. The van der Waals surface area contributed by atoms with Crippen LogP contribution >= 0.6 is 0 Å². The van der Waals surface area contributed by atoms with Crippen molar-refractivity contribution in [2.24, 2.45) is 0 Å². The fraction of sp³-hybridized carbons (Fsp3) is 0.0400. The molecule has 5 rings (SSSR count). The normalized spacial score (nSPS) is 13.8. The molecule has 28 heavy (non-hydrogen) atoms. The van der Waals surface area contributed by atoms with Crippen molar-refractivity contribution >= 4 is 11.4 Å². The second-order valence-electron chi connectivity index (χ2n) is 6.84. The molecule has 0 saturated carbocycles. The highest BCUT2D eigenvalue weighted by atomic mass is 16.5. The van der Waals surface area contributed by atoms with Crippen molar-refractivity contribution in [1.29, 1.82) is 0 Å². The molecule has 1 aliphatic rings. The summed E-state index contributed by atoms with van der Waals surface area (Å²) in [4.78, 5) is 0. The molecule has 0 atom stereocenters. The molecule has 1 aliphatic heterocycles. The fourth-order valence-corrected chi connectivity index (χ4v) is 3.85. The summed E-state index contributed by atoms with van der Waals surface area (Å²) < 4.78 is 6.07. The molecule has 0 unspecified atom stereocenters. The van der Waals surface area contributed by atoms with E-state index in [1.54, 1.807) is 0 Å². The van der Waals surface area contributed by atoms with Crippen molar-refractivity contribution in [3.63, 3.8) is 0 Å². The van der Waals surface area contributed by atoms with Crippen LogP contribution in [0, 0.1) is 0 Å². The summed E-state index contributed by atoms with van der Waals surface area (Å²) >= 11 is 0. The Morgan fingerprint density at radius 1 is 0.571 bits per heavy atom. The van der Waals surface area contributed by atoms with E-state index in [1.165, 1.54) is 0 Å². The zero-order valence-electron chi connectivity index (χ0n) is 15.2. The van der Waals surface area contributed by atoms with Crippen molar-refractivity contribution in [3.8, 4) is 11.5 Å². The maximum absolute atomic E-state index is 12.2. The number of para-hydroxylation sites is 4. The fourth-order valence-electron chi connectivity index (χ4n) is 3.85. The molecule has 4 aromatic rings. The molecule has 0 aromatic heterocycles. The minimum atomic E-state index is -1.33. The number of aliphatic hydroxyl groups is 1. The molecule has 136 valence electrons. The lowest BCUT2D eigenvalue weighted by atomic mass is 9.77. The predicted octanol–water partition coefficient (Wildman–Crippen LogP) is 5.82. The highest BCUT2D eigenvalue weighted by molar-refractivity contribution is 5.70. The minimum absolute atomic E-state index is 0.665. The second kappa shape index (κ2) is 6.55. The van der Waals surface area contributed by atoms with Gasteiger partial charge in [0, 0.05) is 28.1 Å². The molecular weight excluding hydrogens is 346 g/mol. The first-order valence-corrected chi connectivity index (χ1v) is 9.27. The zero-order chi connectivity index (χ0) is 19.0. The van der Waals surface area contributed by atoms with E-state index in [0.717, 1.165) is 28.1 Å². The van der Waals surface area contributed by atoms with E-state index in [4.69, 9.17) is 4.74 Å². The number of hydrogen-bond donors (Lipinski definition) is 2. The van der Waals surface area contributed by atoms with Gasteiger partial charge >= 0.3 is 0 Å². The third kappa shape index (κ3) is 2.56. The standard InChI is InChI=1S/C25H19NO2/c27-25(19-12-4-7-15-22(19)26-18-10-2-1-3-11-18)20-13-5-8-16-23(20)28-24-17-9-6-14-21(24)25/h1-17,26-27H. The van der Waals surface area contributed by atoms with Crippen LogP contribution in [-0.4, -0.2) is 5.11 Å². The topological polar surface area (TPSA) is 41.5 Å². The molecule has 3 heteroatoms. The van der Waals surface area contributed by atoms with Gasteiger partial charge in [-0.1, -0.05) is 72.8 Å². The number of anilines is 2. The molecule has 0 spiro atoms.